The van der Waals surface area contributed by atoms with Crippen molar-refractivity contribution < 1.29 is 4.74 Å². The molecule has 1 atom stereocenters. The minimum atomic E-state index is 0.736. The zero-order valence-electron chi connectivity index (χ0n) is 13.5. The topological polar surface area (TPSA) is 40.6 Å². The maximum atomic E-state index is 5.06. The number of likely N-dealkylation sites (tertiary alicyclic amines) is 1. The third-order valence-corrected chi connectivity index (χ3v) is 4.05. The predicted octanol–water partition coefficient (Wildman–Crippen LogP) is 1.21. The van der Waals surface area contributed by atoms with Gasteiger partial charge >= 0.3 is 0 Å². The van der Waals surface area contributed by atoms with E-state index in [2.05, 4.69) is 40.3 Å². The summed E-state index contributed by atoms with van der Waals surface area (Å²) in [5.41, 5.74) is 1.25. The van der Waals surface area contributed by atoms with E-state index in [1.54, 1.807) is 7.11 Å². The zero-order valence-corrected chi connectivity index (χ0v) is 13.5. The summed E-state index contributed by atoms with van der Waals surface area (Å²) in [4.78, 5) is 9.29. The van der Waals surface area contributed by atoms with Crippen LogP contribution in [0.4, 0.5) is 5.82 Å². The highest BCUT2D eigenvalue weighted by Crippen LogP contribution is 2.20. The molecule has 0 aromatic carbocycles. The number of nitrogens with one attached hydrogen (secondary N) is 1. The summed E-state index contributed by atoms with van der Waals surface area (Å²) in [6, 6.07) is 4.16. The molecule has 1 aliphatic rings. The van der Waals surface area contributed by atoms with Crippen LogP contribution in [0.5, 0.6) is 0 Å². The molecule has 5 heteroatoms. The molecule has 0 radical (unpaired) electrons. The lowest BCUT2D eigenvalue weighted by Crippen LogP contribution is -2.29. The number of nitrogens with zero attached hydrogens (tertiary/aromatic N) is 3. The van der Waals surface area contributed by atoms with Gasteiger partial charge in [0.15, 0.2) is 0 Å². The van der Waals surface area contributed by atoms with E-state index in [-0.39, 0.29) is 0 Å². The minimum Gasteiger partial charge on any atom is -0.383 e. The van der Waals surface area contributed by atoms with Crippen LogP contribution in [0.15, 0.2) is 18.3 Å². The summed E-state index contributed by atoms with van der Waals surface area (Å²) < 4.78 is 5.06. The Hall–Kier alpha value is -1.17. The molecule has 118 valence electrons. The van der Waals surface area contributed by atoms with E-state index >= 15 is 0 Å². The van der Waals surface area contributed by atoms with Gasteiger partial charge in [-0.2, -0.15) is 0 Å². The first-order valence-corrected chi connectivity index (χ1v) is 7.74. The monoisotopic (exact) mass is 292 g/mol. The van der Waals surface area contributed by atoms with E-state index in [0.29, 0.717) is 0 Å². The van der Waals surface area contributed by atoms with Crippen LogP contribution in [0.2, 0.25) is 0 Å². The number of rotatable bonds is 8. The lowest BCUT2D eigenvalue weighted by molar-refractivity contribution is 0.199. The van der Waals surface area contributed by atoms with E-state index in [1.807, 2.05) is 12.3 Å². The number of methoxy groups -OCH3 is 1. The van der Waals surface area contributed by atoms with Crippen LogP contribution in [-0.2, 0) is 11.3 Å². The predicted molar refractivity (Wildman–Crippen MR) is 86.7 cm³/mol. The quantitative estimate of drug-likeness (QED) is 0.729. The van der Waals surface area contributed by atoms with Crippen molar-refractivity contribution in [1.29, 1.82) is 0 Å². The van der Waals surface area contributed by atoms with Crippen LogP contribution in [0.25, 0.3) is 0 Å². The van der Waals surface area contributed by atoms with Gasteiger partial charge in [-0.3, -0.25) is 0 Å². The van der Waals surface area contributed by atoms with Crippen molar-refractivity contribution in [3.05, 3.63) is 23.9 Å². The molecule has 21 heavy (non-hydrogen) atoms. The molecule has 2 heterocycles. The first-order chi connectivity index (χ1) is 10.2. The van der Waals surface area contributed by atoms with Crippen LogP contribution in [0.1, 0.15) is 12.0 Å². The number of ether oxygens (including phenoxy) is 1. The molecule has 1 saturated heterocycles. The minimum absolute atomic E-state index is 0.736. The third-order valence-electron chi connectivity index (χ3n) is 4.05. The highest BCUT2D eigenvalue weighted by molar-refractivity contribution is 5.46. The fraction of sp³-hybridized carbons (Fsp3) is 0.688. The van der Waals surface area contributed by atoms with Gasteiger partial charge in [-0.25, -0.2) is 4.98 Å². The van der Waals surface area contributed by atoms with E-state index in [9.17, 15) is 0 Å². The van der Waals surface area contributed by atoms with Crippen LogP contribution in [0, 0.1) is 5.92 Å². The molecule has 0 saturated carbocycles. The first kappa shape index (κ1) is 16.2. The molecule has 0 amide bonds. The Morgan fingerprint density at radius 2 is 2.38 bits per heavy atom. The van der Waals surface area contributed by atoms with Crippen molar-refractivity contribution in [2.24, 2.45) is 5.92 Å². The van der Waals surface area contributed by atoms with Gasteiger partial charge in [-0.05, 0) is 32.0 Å². The van der Waals surface area contributed by atoms with Crippen molar-refractivity contribution in [3.8, 4) is 0 Å². The molecule has 1 aromatic heterocycles. The third kappa shape index (κ3) is 4.95. The average Bonchev–Trinajstić information content (AvgIpc) is 2.89. The van der Waals surface area contributed by atoms with Crippen molar-refractivity contribution in [2.45, 2.75) is 13.0 Å². The maximum absolute atomic E-state index is 5.06. The van der Waals surface area contributed by atoms with Crippen molar-refractivity contribution in [3.63, 3.8) is 0 Å². The summed E-state index contributed by atoms with van der Waals surface area (Å²) in [6.07, 6.45) is 3.17. The van der Waals surface area contributed by atoms with Gasteiger partial charge in [0.25, 0.3) is 0 Å². The molecular formula is C16H28N4O. The van der Waals surface area contributed by atoms with Gasteiger partial charge in [0.1, 0.15) is 5.82 Å². The summed E-state index contributed by atoms with van der Waals surface area (Å²) in [5, 5.41) is 3.40. The molecule has 1 fully saturated rings. The van der Waals surface area contributed by atoms with E-state index in [0.717, 1.165) is 38.0 Å². The number of anilines is 1. The standard InChI is InChI=1S/C16H28N4O/c1-19-9-6-14(12-19)13-20(2)16-15(5-4-7-18-16)11-17-8-10-21-3/h4-5,7,14,17H,6,8-13H2,1-3H3. The van der Waals surface area contributed by atoms with Crippen LogP contribution in [-0.4, -0.2) is 63.9 Å². The van der Waals surface area contributed by atoms with E-state index in [1.165, 1.54) is 25.1 Å². The van der Waals surface area contributed by atoms with Crippen LogP contribution < -0.4 is 10.2 Å². The first-order valence-electron chi connectivity index (χ1n) is 7.74. The molecule has 1 aliphatic heterocycles. The molecule has 1 aromatic rings. The van der Waals surface area contributed by atoms with Crippen molar-refractivity contribution in [1.82, 2.24) is 15.2 Å². The fourth-order valence-corrected chi connectivity index (χ4v) is 2.96. The second-order valence-corrected chi connectivity index (χ2v) is 5.95. The normalized spacial score (nSPS) is 19.1. The molecular weight excluding hydrogens is 264 g/mol. The highest BCUT2D eigenvalue weighted by atomic mass is 16.5. The van der Waals surface area contributed by atoms with Gasteiger partial charge in [-0.1, -0.05) is 6.07 Å². The maximum Gasteiger partial charge on any atom is 0.132 e. The van der Waals surface area contributed by atoms with E-state index in [4.69, 9.17) is 4.74 Å². The summed E-state index contributed by atoms with van der Waals surface area (Å²) >= 11 is 0. The number of aromatic nitrogens is 1. The number of pyridine rings is 1. The Morgan fingerprint density at radius 1 is 1.52 bits per heavy atom. The SMILES string of the molecule is COCCNCc1cccnc1N(C)CC1CCN(C)C1. The second-order valence-electron chi connectivity index (χ2n) is 5.95. The molecule has 0 spiro atoms. The van der Waals surface area contributed by atoms with Crippen LogP contribution in [0.3, 0.4) is 0 Å². The Morgan fingerprint density at radius 3 is 3.10 bits per heavy atom. The van der Waals surface area contributed by atoms with Crippen LogP contribution >= 0.6 is 0 Å². The summed E-state index contributed by atoms with van der Waals surface area (Å²) in [7, 11) is 6.08. The summed E-state index contributed by atoms with van der Waals surface area (Å²) in [5.74, 6) is 1.84. The van der Waals surface area contributed by atoms with Gasteiger partial charge in [0.05, 0.1) is 6.61 Å². The smallest absolute Gasteiger partial charge is 0.132 e. The molecule has 2 rings (SSSR count). The Balaban J connectivity index is 1.91. The molecule has 1 N–H and O–H groups in total. The van der Waals surface area contributed by atoms with Gasteiger partial charge in [0.2, 0.25) is 0 Å². The summed E-state index contributed by atoms with van der Waals surface area (Å²) in [6.45, 7) is 5.92. The Labute approximate surface area is 128 Å². The molecule has 0 bridgehead atoms. The largest absolute Gasteiger partial charge is 0.383 e. The second kappa shape index (κ2) is 8.32. The lowest BCUT2D eigenvalue weighted by atomic mass is 10.1. The highest BCUT2D eigenvalue weighted by Gasteiger charge is 2.21. The molecule has 1 unspecified atom stereocenters. The number of hydrogen-bond acceptors (Lipinski definition) is 5. The molecule has 0 aliphatic carbocycles. The zero-order chi connectivity index (χ0) is 15.1. The van der Waals surface area contributed by atoms with Crippen molar-refractivity contribution >= 4 is 5.82 Å². The van der Waals surface area contributed by atoms with Crippen molar-refractivity contribution in [2.75, 3.05) is 58.9 Å². The van der Waals surface area contributed by atoms with Gasteiger partial charge < -0.3 is 19.9 Å². The van der Waals surface area contributed by atoms with Gasteiger partial charge in [-0.15, -0.1) is 0 Å². The lowest BCUT2D eigenvalue weighted by Gasteiger charge is -2.24. The van der Waals surface area contributed by atoms with Gasteiger partial charge in [0, 0.05) is 52.1 Å². The number of hydrogen-bond donors (Lipinski definition) is 1. The van der Waals surface area contributed by atoms with E-state index < -0.39 is 0 Å². The Bertz CT molecular complexity index is 426. The Kier molecular flexibility index (Phi) is 6.42. The average molecular weight is 292 g/mol. The fourth-order valence-electron chi connectivity index (χ4n) is 2.96. The molecule has 5 nitrogen and oxygen atoms in total.